The monoisotopic (exact) mass is 568 g/mol. The first-order valence-corrected chi connectivity index (χ1v) is 13.3. The van der Waals surface area contributed by atoms with Gasteiger partial charge in [0.1, 0.15) is 0 Å². The molecule has 3 heterocycles. The Kier molecular flexibility index (Phi) is 11.4. The van der Waals surface area contributed by atoms with Crippen molar-refractivity contribution in [2.45, 2.75) is 50.2 Å². The number of hydrogen-bond acceptors (Lipinski definition) is 5. The summed E-state index contributed by atoms with van der Waals surface area (Å²) in [5.41, 5.74) is 7.26. The fourth-order valence-corrected chi connectivity index (χ4v) is 5.12. The lowest BCUT2D eigenvalue weighted by Gasteiger charge is -2.31. The minimum Gasteiger partial charge on any atom is -0.318 e. The van der Waals surface area contributed by atoms with E-state index >= 15 is 0 Å². The highest BCUT2D eigenvalue weighted by atomic mass is 19.4. The van der Waals surface area contributed by atoms with Crippen LogP contribution >= 0.6 is 0 Å². The molecular weight excluding hydrogens is 531 g/mol. The number of aromatic amines is 1. The molecule has 1 aromatic carbocycles. The van der Waals surface area contributed by atoms with Crippen LogP contribution in [-0.2, 0) is 0 Å². The quantitative estimate of drug-likeness (QED) is 0.200. The van der Waals surface area contributed by atoms with E-state index < -0.39 is 30.3 Å². The number of benzene rings is 1. The smallest absolute Gasteiger partial charge is 0.318 e. The van der Waals surface area contributed by atoms with Crippen LogP contribution in [0.2, 0.25) is 0 Å². The Bertz CT molecular complexity index is 1280. The van der Waals surface area contributed by atoms with E-state index in [9.17, 15) is 26.7 Å². The van der Waals surface area contributed by atoms with Gasteiger partial charge in [0.05, 0.1) is 12.1 Å². The molecule has 2 aromatic heterocycles. The van der Waals surface area contributed by atoms with Crippen LogP contribution in [0.3, 0.4) is 0 Å². The van der Waals surface area contributed by atoms with Gasteiger partial charge in [-0.1, -0.05) is 18.2 Å². The Morgan fingerprint density at radius 1 is 1.23 bits per heavy atom. The van der Waals surface area contributed by atoms with E-state index in [1.165, 1.54) is 19.2 Å². The Balaban J connectivity index is 0.000000224. The second-order valence-electron chi connectivity index (χ2n) is 10.1. The van der Waals surface area contributed by atoms with Gasteiger partial charge in [-0.25, -0.2) is 18.6 Å². The molecule has 3 aromatic rings. The first-order chi connectivity index (χ1) is 19.0. The summed E-state index contributed by atoms with van der Waals surface area (Å²) in [5, 5.41) is 0. The molecule has 220 valence electrons. The van der Waals surface area contributed by atoms with Crippen molar-refractivity contribution in [1.29, 1.82) is 0 Å². The van der Waals surface area contributed by atoms with Crippen molar-refractivity contribution in [3.63, 3.8) is 0 Å². The van der Waals surface area contributed by atoms with Crippen molar-refractivity contribution >= 4 is 11.2 Å². The zero-order valence-corrected chi connectivity index (χ0v) is 22.6. The number of halogens is 5. The number of pyridine rings is 1. The van der Waals surface area contributed by atoms with Gasteiger partial charge in [-0.05, 0) is 68.8 Å². The van der Waals surface area contributed by atoms with Crippen LogP contribution in [0.15, 0.2) is 54.0 Å². The maximum atomic E-state index is 13.9. The predicted molar refractivity (Wildman–Crippen MR) is 146 cm³/mol. The number of unbranched alkanes of at least 4 members (excludes halogenated alkanes) is 1. The molecule has 0 bridgehead atoms. The average Bonchev–Trinajstić information content (AvgIpc) is 3.25. The summed E-state index contributed by atoms with van der Waals surface area (Å²) in [6.45, 7) is 4.99. The topological polar surface area (TPSA) is 83.2 Å². The first kappa shape index (κ1) is 31.4. The molecule has 0 saturated carbocycles. The number of nitrogens with two attached hydrogens (primary N) is 1. The molecule has 1 unspecified atom stereocenters. The van der Waals surface area contributed by atoms with Crippen LogP contribution in [0.1, 0.15) is 49.6 Å². The van der Waals surface area contributed by atoms with E-state index in [-0.39, 0.29) is 23.8 Å². The molecule has 3 N–H and O–H groups in total. The Morgan fingerprint density at radius 3 is 2.60 bits per heavy atom. The van der Waals surface area contributed by atoms with E-state index in [1.54, 1.807) is 12.3 Å². The lowest BCUT2D eigenvalue weighted by molar-refractivity contribution is -0.143. The number of hydrogen-bond donors (Lipinski definition) is 2. The van der Waals surface area contributed by atoms with Crippen molar-refractivity contribution in [1.82, 2.24) is 24.3 Å². The van der Waals surface area contributed by atoms with Gasteiger partial charge in [0.15, 0.2) is 17.3 Å². The Labute approximate surface area is 230 Å². The zero-order chi connectivity index (χ0) is 29.3. The third-order valence-corrected chi connectivity index (χ3v) is 7.03. The van der Waals surface area contributed by atoms with Gasteiger partial charge >= 0.3 is 11.9 Å². The molecule has 4 rings (SSSR count). The summed E-state index contributed by atoms with van der Waals surface area (Å²) in [6.07, 6.45) is 2.78. The SMILES string of the molecule is C=CCCCC(CN(C)CC(F)(F)F)c1cccc(F)c1F.NCN1CCC(n2c(=O)[nH]c3ncccc32)CC1. The van der Waals surface area contributed by atoms with Crippen molar-refractivity contribution in [3.05, 3.63) is 76.9 Å². The summed E-state index contributed by atoms with van der Waals surface area (Å²) in [6, 6.07) is 7.85. The first-order valence-electron chi connectivity index (χ1n) is 13.3. The van der Waals surface area contributed by atoms with E-state index in [4.69, 9.17) is 5.73 Å². The number of allylic oxidation sites excluding steroid dienone is 1. The van der Waals surface area contributed by atoms with Crippen molar-refractivity contribution in [3.8, 4) is 0 Å². The highest BCUT2D eigenvalue weighted by Crippen LogP contribution is 2.28. The molecule has 40 heavy (non-hydrogen) atoms. The van der Waals surface area contributed by atoms with Gasteiger partial charge in [0, 0.05) is 38.5 Å². The molecule has 0 amide bonds. The molecule has 0 radical (unpaired) electrons. The highest BCUT2D eigenvalue weighted by molar-refractivity contribution is 5.70. The fraction of sp³-hybridized carbons (Fsp3) is 0.500. The second kappa shape index (κ2) is 14.5. The lowest BCUT2D eigenvalue weighted by atomic mass is 9.92. The number of alkyl halides is 3. The third-order valence-electron chi connectivity index (χ3n) is 7.03. The van der Waals surface area contributed by atoms with Gasteiger partial charge in [-0.3, -0.25) is 19.4 Å². The molecule has 0 aliphatic carbocycles. The van der Waals surface area contributed by atoms with Crippen LogP contribution in [0.5, 0.6) is 0 Å². The Hall–Kier alpha value is -3.09. The molecule has 1 fully saturated rings. The van der Waals surface area contributed by atoms with Crippen molar-refractivity contribution in [2.75, 3.05) is 39.9 Å². The fourth-order valence-electron chi connectivity index (χ4n) is 5.12. The molecule has 1 aliphatic heterocycles. The van der Waals surface area contributed by atoms with Crippen LogP contribution in [-0.4, -0.2) is 70.4 Å². The molecule has 7 nitrogen and oxygen atoms in total. The lowest BCUT2D eigenvalue weighted by Crippen LogP contribution is -2.39. The van der Waals surface area contributed by atoms with Gasteiger partial charge < -0.3 is 5.73 Å². The maximum absolute atomic E-state index is 13.9. The van der Waals surface area contributed by atoms with Crippen LogP contribution in [0, 0.1) is 11.6 Å². The van der Waals surface area contributed by atoms with Crippen molar-refractivity contribution in [2.24, 2.45) is 5.73 Å². The molecular formula is C28H37F5N6O. The standard InChI is InChI=1S/C16H20F5N.C12H17N5O/c1-3-4-5-7-12(10-22(2)11-16(19,20)21)13-8-6-9-14(17)15(13)18;13-8-16-6-3-9(4-7-16)17-10-2-1-5-14-11(10)15-12(17)18/h3,6,8-9,12H,1,4-5,7,10-11H2,2H3;1-2,5,9H,3-4,6-8,13H2,(H,14,15,18). The Morgan fingerprint density at radius 2 is 1.95 bits per heavy atom. The zero-order valence-electron chi connectivity index (χ0n) is 22.6. The number of H-pyrrole nitrogens is 1. The van der Waals surface area contributed by atoms with Crippen LogP contribution < -0.4 is 11.4 Å². The third kappa shape index (κ3) is 8.70. The van der Waals surface area contributed by atoms with E-state index in [2.05, 4.69) is 21.4 Å². The largest absolute Gasteiger partial charge is 0.401 e. The highest BCUT2D eigenvalue weighted by Gasteiger charge is 2.30. The molecule has 1 aliphatic rings. The average molecular weight is 569 g/mol. The van der Waals surface area contributed by atoms with E-state index in [0.717, 1.165) is 42.4 Å². The van der Waals surface area contributed by atoms with Gasteiger partial charge in [0.2, 0.25) is 0 Å². The number of piperidine rings is 1. The summed E-state index contributed by atoms with van der Waals surface area (Å²) < 4.78 is 66.4. The van der Waals surface area contributed by atoms with Gasteiger partial charge in [-0.2, -0.15) is 13.2 Å². The van der Waals surface area contributed by atoms with E-state index in [0.29, 0.717) is 31.6 Å². The maximum Gasteiger partial charge on any atom is 0.401 e. The summed E-state index contributed by atoms with van der Waals surface area (Å²) in [4.78, 5) is 22.3. The number of nitrogens with zero attached hydrogens (tertiary/aromatic N) is 4. The molecule has 1 saturated heterocycles. The normalized spacial score (nSPS) is 15.7. The number of aromatic nitrogens is 3. The van der Waals surface area contributed by atoms with Crippen molar-refractivity contribution < 1.29 is 22.0 Å². The van der Waals surface area contributed by atoms with Gasteiger partial charge in [-0.15, -0.1) is 6.58 Å². The van der Waals surface area contributed by atoms with E-state index in [1.807, 2.05) is 16.7 Å². The summed E-state index contributed by atoms with van der Waals surface area (Å²) in [5.74, 6) is -2.46. The van der Waals surface area contributed by atoms with Crippen LogP contribution in [0.25, 0.3) is 11.2 Å². The summed E-state index contributed by atoms with van der Waals surface area (Å²) in [7, 11) is 1.32. The minimum absolute atomic E-state index is 0.0109. The summed E-state index contributed by atoms with van der Waals surface area (Å²) >= 11 is 0. The number of imidazole rings is 1. The number of fused-ring (bicyclic) bond motifs is 1. The minimum atomic E-state index is -4.32. The predicted octanol–water partition coefficient (Wildman–Crippen LogP) is 5.18. The molecule has 1 atom stereocenters. The molecule has 0 spiro atoms. The number of rotatable bonds is 10. The number of nitrogens with one attached hydrogen (secondary N) is 1. The molecule has 12 heteroatoms. The number of likely N-dealkylation sites (tertiary alicyclic amines) is 1. The number of likely N-dealkylation sites (N-methyl/N-ethyl adjacent to an activating group) is 1. The second-order valence-corrected chi connectivity index (χ2v) is 10.1. The van der Waals surface area contributed by atoms with Gasteiger partial charge in [0.25, 0.3) is 0 Å². The van der Waals surface area contributed by atoms with Crippen LogP contribution in [0.4, 0.5) is 22.0 Å².